The molecule has 6 heteroatoms. The molecular weight excluding hydrogens is 368 g/mol. The molecule has 2 aromatic carbocycles. The number of esters is 1. The highest BCUT2D eigenvalue weighted by Gasteiger charge is 2.16. The SMILES string of the molecule is CCOc1cc(-c2cc(C)[nH]c(=O)c2C#N)ccc1OC(=O)c1ccc(C)cc1. The second kappa shape index (κ2) is 8.44. The van der Waals surface area contributed by atoms with Crippen LogP contribution in [-0.2, 0) is 0 Å². The molecule has 0 aliphatic carbocycles. The standard InChI is InChI=1S/C23H20N2O4/c1-4-28-21-12-17(18-11-15(3)25-22(26)19(18)13-24)9-10-20(21)29-23(27)16-7-5-14(2)6-8-16/h5-12H,4H2,1-3H3,(H,25,26). The van der Waals surface area contributed by atoms with Gasteiger partial charge in [-0.3, -0.25) is 4.79 Å². The molecule has 0 fully saturated rings. The summed E-state index contributed by atoms with van der Waals surface area (Å²) in [4.78, 5) is 27.2. The second-order valence-corrected chi connectivity index (χ2v) is 6.53. The van der Waals surface area contributed by atoms with Crippen molar-refractivity contribution in [3.8, 4) is 28.7 Å². The maximum absolute atomic E-state index is 12.5. The lowest BCUT2D eigenvalue weighted by Gasteiger charge is -2.13. The number of pyridine rings is 1. The number of nitrogens with one attached hydrogen (secondary N) is 1. The van der Waals surface area contributed by atoms with Crippen molar-refractivity contribution in [3.63, 3.8) is 0 Å². The van der Waals surface area contributed by atoms with Crippen LogP contribution in [0.1, 0.15) is 34.1 Å². The van der Waals surface area contributed by atoms with E-state index >= 15 is 0 Å². The number of nitriles is 1. The molecule has 3 aromatic rings. The predicted octanol–water partition coefficient (Wildman–Crippen LogP) is 4.15. The van der Waals surface area contributed by atoms with Crippen LogP contribution in [0, 0.1) is 25.2 Å². The Bertz CT molecular complexity index is 1150. The molecule has 0 saturated carbocycles. The van der Waals surface area contributed by atoms with Gasteiger partial charge in [-0.15, -0.1) is 0 Å². The number of benzene rings is 2. The maximum Gasteiger partial charge on any atom is 0.343 e. The largest absolute Gasteiger partial charge is 0.490 e. The number of carbonyl (C=O) groups is 1. The quantitative estimate of drug-likeness (QED) is 0.524. The zero-order chi connectivity index (χ0) is 21.0. The molecule has 0 bridgehead atoms. The molecule has 29 heavy (non-hydrogen) atoms. The Hall–Kier alpha value is -3.85. The molecule has 0 radical (unpaired) electrons. The van der Waals surface area contributed by atoms with Crippen molar-refractivity contribution in [2.24, 2.45) is 0 Å². The summed E-state index contributed by atoms with van der Waals surface area (Å²) < 4.78 is 11.2. The highest BCUT2D eigenvalue weighted by atomic mass is 16.6. The van der Waals surface area contributed by atoms with E-state index in [1.54, 1.807) is 43.3 Å². The van der Waals surface area contributed by atoms with Gasteiger partial charge in [0.05, 0.1) is 12.2 Å². The molecule has 0 atom stereocenters. The molecule has 1 aromatic heterocycles. The van der Waals surface area contributed by atoms with Gasteiger partial charge in [-0.2, -0.15) is 5.26 Å². The third-order valence-corrected chi connectivity index (χ3v) is 4.32. The van der Waals surface area contributed by atoms with Gasteiger partial charge in [0.25, 0.3) is 5.56 Å². The average molecular weight is 388 g/mol. The number of ether oxygens (including phenoxy) is 2. The van der Waals surface area contributed by atoms with E-state index in [-0.39, 0.29) is 11.3 Å². The van der Waals surface area contributed by atoms with Gasteiger partial charge < -0.3 is 14.5 Å². The summed E-state index contributed by atoms with van der Waals surface area (Å²) in [5.74, 6) is 0.122. The first kappa shape index (κ1) is 19.9. The van der Waals surface area contributed by atoms with E-state index < -0.39 is 11.5 Å². The summed E-state index contributed by atoms with van der Waals surface area (Å²) in [5, 5.41) is 9.37. The molecule has 3 rings (SSSR count). The van der Waals surface area contributed by atoms with Crippen molar-refractivity contribution in [1.82, 2.24) is 4.98 Å². The topological polar surface area (TPSA) is 92.2 Å². The lowest BCUT2D eigenvalue weighted by molar-refractivity contribution is 0.0728. The minimum Gasteiger partial charge on any atom is -0.490 e. The summed E-state index contributed by atoms with van der Waals surface area (Å²) in [6, 6.07) is 15.7. The van der Waals surface area contributed by atoms with Crippen LogP contribution in [0.2, 0.25) is 0 Å². The van der Waals surface area contributed by atoms with Crippen LogP contribution >= 0.6 is 0 Å². The monoisotopic (exact) mass is 388 g/mol. The van der Waals surface area contributed by atoms with Crippen LogP contribution in [0.15, 0.2) is 53.3 Å². The van der Waals surface area contributed by atoms with Gasteiger partial charge in [-0.1, -0.05) is 23.8 Å². The van der Waals surface area contributed by atoms with E-state index in [4.69, 9.17) is 9.47 Å². The Morgan fingerprint density at radius 3 is 2.45 bits per heavy atom. The second-order valence-electron chi connectivity index (χ2n) is 6.53. The van der Waals surface area contributed by atoms with E-state index in [9.17, 15) is 14.9 Å². The van der Waals surface area contributed by atoms with Crippen molar-refractivity contribution in [1.29, 1.82) is 5.26 Å². The van der Waals surface area contributed by atoms with Crippen LogP contribution in [0.5, 0.6) is 11.5 Å². The zero-order valence-electron chi connectivity index (χ0n) is 16.4. The number of aromatic nitrogens is 1. The van der Waals surface area contributed by atoms with Gasteiger partial charge in [0.1, 0.15) is 11.6 Å². The molecular formula is C23H20N2O4. The van der Waals surface area contributed by atoms with E-state index in [1.807, 2.05) is 32.0 Å². The van der Waals surface area contributed by atoms with Gasteiger partial charge in [-0.05, 0) is 56.7 Å². The molecule has 1 N–H and O–H groups in total. The normalized spacial score (nSPS) is 10.3. The molecule has 6 nitrogen and oxygen atoms in total. The number of hydrogen-bond acceptors (Lipinski definition) is 5. The number of rotatable bonds is 5. The van der Waals surface area contributed by atoms with Crippen molar-refractivity contribution in [2.75, 3.05) is 6.61 Å². The molecule has 0 aliphatic heterocycles. The number of H-pyrrole nitrogens is 1. The number of nitrogens with zero attached hydrogens (tertiary/aromatic N) is 1. The van der Waals surface area contributed by atoms with Crippen LogP contribution in [-0.4, -0.2) is 17.6 Å². The lowest BCUT2D eigenvalue weighted by Crippen LogP contribution is -2.13. The molecule has 0 saturated heterocycles. The first-order valence-electron chi connectivity index (χ1n) is 9.13. The molecule has 146 valence electrons. The maximum atomic E-state index is 12.5. The summed E-state index contributed by atoms with van der Waals surface area (Å²) in [6.07, 6.45) is 0. The van der Waals surface area contributed by atoms with Crippen LogP contribution in [0.3, 0.4) is 0 Å². The van der Waals surface area contributed by atoms with E-state index in [0.717, 1.165) is 5.56 Å². The number of hydrogen-bond donors (Lipinski definition) is 1. The predicted molar refractivity (Wildman–Crippen MR) is 109 cm³/mol. The highest BCUT2D eigenvalue weighted by Crippen LogP contribution is 2.34. The fraction of sp³-hybridized carbons (Fsp3) is 0.174. The summed E-state index contributed by atoms with van der Waals surface area (Å²) in [6.45, 7) is 5.86. The van der Waals surface area contributed by atoms with Crippen molar-refractivity contribution in [2.45, 2.75) is 20.8 Å². The lowest BCUT2D eigenvalue weighted by atomic mass is 10.0. The molecule has 0 spiro atoms. The summed E-state index contributed by atoms with van der Waals surface area (Å²) in [7, 11) is 0. The third kappa shape index (κ3) is 4.36. The van der Waals surface area contributed by atoms with E-state index in [2.05, 4.69) is 4.98 Å². The Kier molecular flexibility index (Phi) is 5.79. The molecule has 0 unspecified atom stereocenters. The Morgan fingerprint density at radius 2 is 1.79 bits per heavy atom. The van der Waals surface area contributed by atoms with Gasteiger partial charge in [0, 0.05) is 11.3 Å². The van der Waals surface area contributed by atoms with Crippen LogP contribution in [0.25, 0.3) is 11.1 Å². The minimum atomic E-state index is -0.497. The number of aryl methyl sites for hydroxylation is 2. The summed E-state index contributed by atoms with van der Waals surface area (Å²) in [5.41, 5.74) is 2.79. The average Bonchev–Trinajstić information content (AvgIpc) is 2.69. The Morgan fingerprint density at radius 1 is 1.07 bits per heavy atom. The van der Waals surface area contributed by atoms with Crippen molar-refractivity contribution < 1.29 is 14.3 Å². The van der Waals surface area contributed by atoms with E-state index in [1.165, 1.54) is 0 Å². The van der Waals surface area contributed by atoms with Crippen LogP contribution < -0.4 is 15.0 Å². The molecule has 0 aliphatic rings. The number of aromatic amines is 1. The molecule has 0 amide bonds. The first-order chi connectivity index (χ1) is 13.9. The van der Waals surface area contributed by atoms with Crippen molar-refractivity contribution in [3.05, 3.63) is 81.3 Å². The van der Waals surface area contributed by atoms with Gasteiger partial charge in [0.15, 0.2) is 11.5 Å². The van der Waals surface area contributed by atoms with Crippen molar-refractivity contribution >= 4 is 5.97 Å². The third-order valence-electron chi connectivity index (χ3n) is 4.32. The van der Waals surface area contributed by atoms with Gasteiger partial charge in [-0.25, -0.2) is 4.79 Å². The minimum absolute atomic E-state index is 0.0162. The fourth-order valence-corrected chi connectivity index (χ4v) is 2.90. The first-order valence-corrected chi connectivity index (χ1v) is 9.13. The Balaban J connectivity index is 2.00. The Labute approximate surface area is 168 Å². The smallest absolute Gasteiger partial charge is 0.343 e. The molecule has 1 heterocycles. The highest BCUT2D eigenvalue weighted by molar-refractivity contribution is 5.91. The van der Waals surface area contributed by atoms with Gasteiger partial charge >= 0.3 is 5.97 Å². The van der Waals surface area contributed by atoms with Gasteiger partial charge in [0.2, 0.25) is 0 Å². The fourth-order valence-electron chi connectivity index (χ4n) is 2.90. The summed E-state index contributed by atoms with van der Waals surface area (Å²) >= 11 is 0. The van der Waals surface area contributed by atoms with E-state index in [0.29, 0.717) is 34.7 Å². The zero-order valence-corrected chi connectivity index (χ0v) is 16.4. The van der Waals surface area contributed by atoms with Crippen LogP contribution in [0.4, 0.5) is 0 Å². The number of carbonyl (C=O) groups excluding carboxylic acids is 1.